The minimum absolute atomic E-state index is 0.00407. The van der Waals surface area contributed by atoms with E-state index >= 15 is 0 Å². The Balaban J connectivity index is 2.01. The topological polar surface area (TPSA) is 73.4 Å². The molecule has 0 spiro atoms. The van der Waals surface area contributed by atoms with Crippen LogP contribution >= 0.6 is 0 Å². The molecule has 2 N–H and O–H groups in total. The van der Waals surface area contributed by atoms with Crippen LogP contribution in [0, 0.1) is 0 Å². The first kappa shape index (κ1) is 17.2. The highest BCUT2D eigenvalue weighted by Gasteiger charge is 2.41. The number of alkyl halides is 3. The molecule has 1 aliphatic rings. The number of benzene rings is 1. The van der Waals surface area contributed by atoms with E-state index in [1.165, 1.54) is 41.3 Å². The molecule has 1 saturated heterocycles. The number of likely N-dealkylation sites (tertiary alicyclic amines) is 1. The number of aromatic amines is 1. The molecule has 2 atom stereocenters. The number of aliphatic hydroxyl groups is 1. The minimum Gasteiger partial charge on any atom is -0.391 e. The molecule has 0 unspecified atom stereocenters. The van der Waals surface area contributed by atoms with E-state index in [0.29, 0.717) is 0 Å². The number of H-pyrrole nitrogens is 1. The lowest BCUT2D eigenvalue weighted by atomic mass is 9.97. The number of aliphatic hydroxyl groups excluding tert-OH is 1. The number of hydrogen-bond donors (Lipinski definition) is 2. The average molecular weight is 352 g/mol. The van der Waals surface area contributed by atoms with Crippen molar-refractivity contribution in [3.05, 3.63) is 69.6 Å². The normalized spacial score (nSPS) is 20.7. The maximum Gasteiger partial charge on any atom is 0.416 e. The quantitative estimate of drug-likeness (QED) is 0.871. The predicted octanol–water partition coefficient (Wildman–Crippen LogP) is 2.34. The summed E-state index contributed by atoms with van der Waals surface area (Å²) < 4.78 is 39.9. The second-order valence-electron chi connectivity index (χ2n) is 5.88. The lowest BCUT2D eigenvalue weighted by Gasteiger charge is -2.27. The Morgan fingerprint density at radius 3 is 2.56 bits per heavy atom. The van der Waals surface area contributed by atoms with Gasteiger partial charge in [-0.3, -0.25) is 9.59 Å². The Morgan fingerprint density at radius 2 is 1.88 bits per heavy atom. The van der Waals surface area contributed by atoms with E-state index in [9.17, 15) is 27.9 Å². The molecule has 8 heteroatoms. The first-order chi connectivity index (χ1) is 11.8. The van der Waals surface area contributed by atoms with Gasteiger partial charge in [0, 0.05) is 12.6 Å². The average Bonchev–Trinajstić information content (AvgIpc) is 2.95. The van der Waals surface area contributed by atoms with Crippen LogP contribution in [-0.4, -0.2) is 33.5 Å². The third-order valence-electron chi connectivity index (χ3n) is 4.16. The minimum atomic E-state index is -4.57. The summed E-state index contributed by atoms with van der Waals surface area (Å²) in [6.07, 6.45) is -5.51. The van der Waals surface area contributed by atoms with E-state index in [1.807, 2.05) is 0 Å². The molecule has 1 fully saturated rings. The van der Waals surface area contributed by atoms with Crippen LogP contribution in [-0.2, 0) is 6.18 Å². The van der Waals surface area contributed by atoms with Gasteiger partial charge in [0.2, 0.25) is 5.56 Å². The number of halogens is 3. The summed E-state index contributed by atoms with van der Waals surface area (Å²) in [4.78, 5) is 27.6. The standard InChI is InChI=1S/C17H15F3N2O3/c18-17(19,20)12-5-2-1-4-11(12)14-8-10(23)9-22(14)16(25)13-6-3-7-15(24)21-13/h1-7,10,14,23H,8-9H2,(H,21,24)/t10-,14+/m0/s1. The van der Waals surface area contributed by atoms with Crippen LogP contribution in [0.3, 0.4) is 0 Å². The zero-order valence-electron chi connectivity index (χ0n) is 13.0. The molecule has 1 aromatic carbocycles. The molecular weight excluding hydrogens is 337 g/mol. The molecule has 0 radical (unpaired) electrons. The van der Waals surface area contributed by atoms with Crippen LogP contribution in [0.4, 0.5) is 13.2 Å². The summed E-state index contributed by atoms with van der Waals surface area (Å²) in [5.74, 6) is -0.628. The van der Waals surface area contributed by atoms with Gasteiger partial charge in [0.25, 0.3) is 5.91 Å². The van der Waals surface area contributed by atoms with Crippen molar-refractivity contribution in [2.24, 2.45) is 0 Å². The van der Waals surface area contributed by atoms with E-state index in [1.54, 1.807) is 0 Å². The van der Waals surface area contributed by atoms with Gasteiger partial charge in [-0.15, -0.1) is 0 Å². The molecule has 1 aliphatic heterocycles. The van der Waals surface area contributed by atoms with Crippen molar-refractivity contribution in [2.45, 2.75) is 24.7 Å². The fraction of sp³-hybridized carbons (Fsp3) is 0.294. The summed E-state index contributed by atoms with van der Waals surface area (Å²) >= 11 is 0. The fourth-order valence-corrected chi connectivity index (χ4v) is 3.11. The zero-order chi connectivity index (χ0) is 18.2. The second kappa shape index (κ2) is 6.36. The van der Waals surface area contributed by atoms with E-state index in [-0.39, 0.29) is 24.2 Å². The number of nitrogens with one attached hydrogen (secondary N) is 1. The van der Waals surface area contributed by atoms with Crippen LogP contribution < -0.4 is 5.56 Å². The number of carbonyl (C=O) groups excluding carboxylic acids is 1. The van der Waals surface area contributed by atoms with Crippen molar-refractivity contribution in [3.8, 4) is 0 Å². The SMILES string of the molecule is O=C(c1cccc(=O)[nH]1)N1C[C@@H](O)C[C@@H]1c1ccccc1C(F)(F)F. The molecule has 0 aliphatic carbocycles. The van der Waals surface area contributed by atoms with Gasteiger partial charge in [-0.25, -0.2) is 0 Å². The van der Waals surface area contributed by atoms with Crippen LogP contribution in [0.1, 0.15) is 34.1 Å². The lowest BCUT2D eigenvalue weighted by Crippen LogP contribution is -2.34. The molecule has 3 rings (SSSR count). The Kier molecular flexibility index (Phi) is 4.38. The van der Waals surface area contributed by atoms with E-state index < -0.39 is 35.4 Å². The van der Waals surface area contributed by atoms with Crippen LogP contribution in [0.25, 0.3) is 0 Å². The Hall–Kier alpha value is -2.61. The van der Waals surface area contributed by atoms with Crippen molar-refractivity contribution >= 4 is 5.91 Å². The van der Waals surface area contributed by atoms with E-state index in [0.717, 1.165) is 6.07 Å². The predicted molar refractivity (Wildman–Crippen MR) is 82.9 cm³/mol. The highest BCUT2D eigenvalue weighted by Crippen LogP contribution is 2.40. The van der Waals surface area contributed by atoms with Crippen molar-refractivity contribution in [3.63, 3.8) is 0 Å². The lowest BCUT2D eigenvalue weighted by molar-refractivity contribution is -0.138. The molecule has 5 nitrogen and oxygen atoms in total. The number of β-amino-alcohol motifs (C(OH)–C–C–N with tert-alkyl or cyclic N) is 1. The van der Waals surface area contributed by atoms with Crippen molar-refractivity contribution in [2.75, 3.05) is 6.54 Å². The summed E-state index contributed by atoms with van der Waals surface area (Å²) in [5.41, 5.74) is -1.43. The molecule has 0 saturated carbocycles. The second-order valence-corrected chi connectivity index (χ2v) is 5.88. The number of carbonyl (C=O) groups is 1. The zero-order valence-corrected chi connectivity index (χ0v) is 13.0. The largest absolute Gasteiger partial charge is 0.416 e. The van der Waals surface area contributed by atoms with Crippen molar-refractivity contribution in [1.29, 1.82) is 0 Å². The van der Waals surface area contributed by atoms with Gasteiger partial charge >= 0.3 is 6.18 Å². The third-order valence-corrected chi connectivity index (χ3v) is 4.16. The molecular formula is C17H15F3N2O3. The maximum atomic E-state index is 13.3. The van der Waals surface area contributed by atoms with Gasteiger partial charge in [0.05, 0.1) is 17.7 Å². The van der Waals surface area contributed by atoms with E-state index in [4.69, 9.17) is 0 Å². The summed E-state index contributed by atoms with van der Waals surface area (Å²) in [6, 6.07) is 8.06. The smallest absolute Gasteiger partial charge is 0.391 e. The Bertz CT molecular complexity index is 847. The first-order valence-electron chi connectivity index (χ1n) is 7.62. The molecule has 1 amide bonds. The van der Waals surface area contributed by atoms with Crippen LogP contribution in [0.15, 0.2) is 47.3 Å². The summed E-state index contributed by atoms with van der Waals surface area (Å²) in [5, 5.41) is 9.93. The van der Waals surface area contributed by atoms with Gasteiger partial charge in [-0.05, 0) is 24.1 Å². The number of aromatic nitrogens is 1. The van der Waals surface area contributed by atoms with Gasteiger partial charge < -0.3 is 15.0 Å². The molecule has 132 valence electrons. The summed E-state index contributed by atoms with van der Waals surface area (Å²) in [6.45, 7) is -0.105. The summed E-state index contributed by atoms with van der Waals surface area (Å²) in [7, 11) is 0. The van der Waals surface area contributed by atoms with Crippen LogP contribution in [0.2, 0.25) is 0 Å². The first-order valence-corrected chi connectivity index (χ1v) is 7.62. The molecule has 2 aromatic rings. The van der Waals surface area contributed by atoms with Gasteiger partial charge in [-0.2, -0.15) is 13.2 Å². The van der Waals surface area contributed by atoms with Gasteiger partial charge in [0.1, 0.15) is 5.69 Å². The van der Waals surface area contributed by atoms with Gasteiger partial charge in [-0.1, -0.05) is 24.3 Å². The highest BCUT2D eigenvalue weighted by atomic mass is 19.4. The molecule has 0 bridgehead atoms. The monoisotopic (exact) mass is 352 g/mol. The molecule has 2 heterocycles. The number of pyridine rings is 1. The number of hydrogen-bond acceptors (Lipinski definition) is 3. The number of rotatable bonds is 2. The Labute approximate surface area is 140 Å². The van der Waals surface area contributed by atoms with Gasteiger partial charge in [0.15, 0.2) is 0 Å². The van der Waals surface area contributed by atoms with Crippen molar-refractivity contribution in [1.82, 2.24) is 9.88 Å². The molecule has 25 heavy (non-hydrogen) atoms. The fourth-order valence-electron chi connectivity index (χ4n) is 3.11. The number of amides is 1. The third kappa shape index (κ3) is 3.43. The highest BCUT2D eigenvalue weighted by molar-refractivity contribution is 5.92. The maximum absolute atomic E-state index is 13.3. The van der Waals surface area contributed by atoms with Crippen molar-refractivity contribution < 1.29 is 23.1 Å². The van der Waals surface area contributed by atoms with Crippen LogP contribution in [0.5, 0.6) is 0 Å². The number of nitrogens with zero attached hydrogens (tertiary/aromatic N) is 1. The van der Waals surface area contributed by atoms with E-state index in [2.05, 4.69) is 4.98 Å². The Morgan fingerprint density at radius 1 is 1.16 bits per heavy atom. The molecule has 1 aromatic heterocycles.